The summed E-state index contributed by atoms with van der Waals surface area (Å²) in [5.41, 5.74) is 0.983. The number of tetrazole rings is 1. The van der Waals surface area contributed by atoms with Crippen LogP contribution in [0, 0.1) is 0 Å². The van der Waals surface area contributed by atoms with Crippen molar-refractivity contribution in [3.63, 3.8) is 0 Å². The van der Waals surface area contributed by atoms with E-state index >= 15 is 0 Å². The molecule has 1 aromatic heterocycles. The summed E-state index contributed by atoms with van der Waals surface area (Å²) in [4.78, 5) is 11.1. The molecule has 2 atom stereocenters. The largest absolute Gasteiger partial charge is 0.492 e. The fourth-order valence-electron chi connectivity index (χ4n) is 2.19. The second kappa shape index (κ2) is 4.34. The molecule has 3 rings (SSSR count). The van der Waals surface area contributed by atoms with Crippen LogP contribution in [-0.2, 0) is 4.79 Å². The van der Waals surface area contributed by atoms with E-state index in [4.69, 9.17) is 9.84 Å². The Morgan fingerprint density at radius 2 is 2.32 bits per heavy atom. The summed E-state index contributed by atoms with van der Waals surface area (Å²) in [5, 5.41) is 20.4. The van der Waals surface area contributed by atoms with E-state index in [2.05, 4.69) is 15.5 Å². The third-order valence-electron chi connectivity index (χ3n) is 3.25. The Balaban J connectivity index is 2.01. The molecule has 98 valence electrons. The average Bonchev–Trinajstić information content (AvgIpc) is 3.03. The summed E-state index contributed by atoms with van der Waals surface area (Å²) in [5.74, 6) is 0.207. The molecule has 2 aromatic rings. The molecule has 1 N–H and O–H groups in total. The van der Waals surface area contributed by atoms with E-state index in [1.54, 1.807) is 6.92 Å². The number of hydrogen-bond acceptors (Lipinski definition) is 5. The van der Waals surface area contributed by atoms with Gasteiger partial charge < -0.3 is 9.84 Å². The minimum absolute atomic E-state index is 0.131. The summed E-state index contributed by atoms with van der Waals surface area (Å²) in [7, 11) is 0. The maximum absolute atomic E-state index is 11.1. The van der Waals surface area contributed by atoms with Crippen molar-refractivity contribution in [1.29, 1.82) is 0 Å². The van der Waals surface area contributed by atoms with Gasteiger partial charge in [-0.25, -0.2) is 9.48 Å². The molecular weight excluding hydrogens is 248 g/mol. The first-order valence-corrected chi connectivity index (χ1v) is 5.90. The van der Waals surface area contributed by atoms with Gasteiger partial charge in [-0.1, -0.05) is 18.2 Å². The number of hydrogen-bond donors (Lipinski definition) is 1. The van der Waals surface area contributed by atoms with Crippen molar-refractivity contribution in [2.24, 2.45) is 0 Å². The third-order valence-corrected chi connectivity index (χ3v) is 3.25. The van der Waals surface area contributed by atoms with E-state index in [1.807, 2.05) is 24.3 Å². The van der Waals surface area contributed by atoms with Crippen molar-refractivity contribution in [3.05, 3.63) is 35.7 Å². The molecule has 7 nitrogen and oxygen atoms in total. The van der Waals surface area contributed by atoms with Gasteiger partial charge in [0.25, 0.3) is 0 Å². The summed E-state index contributed by atoms with van der Waals surface area (Å²) in [6.07, 6.45) is 0. The van der Waals surface area contributed by atoms with E-state index in [0.717, 1.165) is 11.3 Å². The quantitative estimate of drug-likeness (QED) is 0.879. The van der Waals surface area contributed by atoms with Crippen LogP contribution in [0.5, 0.6) is 5.75 Å². The number of nitrogens with zero attached hydrogens (tertiary/aromatic N) is 4. The lowest BCUT2D eigenvalue weighted by atomic mass is 10.0. The van der Waals surface area contributed by atoms with Gasteiger partial charge in [-0.2, -0.15) is 0 Å². The van der Waals surface area contributed by atoms with Gasteiger partial charge in [-0.15, -0.1) is 5.10 Å². The van der Waals surface area contributed by atoms with Crippen LogP contribution in [0.15, 0.2) is 24.3 Å². The normalized spacial score (nSPS) is 18.7. The molecule has 19 heavy (non-hydrogen) atoms. The first-order valence-electron chi connectivity index (χ1n) is 5.90. The molecule has 1 aliphatic rings. The van der Waals surface area contributed by atoms with Gasteiger partial charge in [0, 0.05) is 5.56 Å². The van der Waals surface area contributed by atoms with Crippen molar-refractivity contribution >= 4 is 5.97 Å². The number of carboxylic acids is 1. The lowest BCUT2D eigenvalue weighted by molar-refractivity contribution is -0.140. The Labute approximate surface area is 108 Å². The second-order valence-electron chi connectivity index (χ2n) is 4.40. The Morgan fingerprint density at radius 1 is 1.53 bits per heavy atom. The number of para-hydroxylation sites is 1. The minimum Gasteiger partial charge on any atom is -0.492 e. The van der Waals surface area contributed by atoms with E-state index in [-0.39, 0.29) is 5.92 Å². The molecule has 7 heteroatoms. The fraction of sp³-hybridized carbons (Fsp3) is 0.333. The highest BCUT2D eigenvalue weighted by atomic mass is 16.5. The SMILES string of the molecule is CC(C(=O)O)n1nnnc1C1COc2ccccc21. The standard InChI is InChI=1S/C12H12N4O3/c1-7(12(17)18)16-11(13-14-15-16)9-6-19-10-5-3-2-4-8(9)10/h2-5,7,9H,6H2,1H3,(H,17,18). The highest BCUT2D eigenvalue weighted by molar-refractivity contribution is 5.71. The molecule has 0 fully saturated rings. The Kier molecular flexibility index (Phi) is 2.66. The summed E-state index contributed by atoms with van der Waals surface area (Å²) >= 11 is 0. The number of fused-ring (bicyclic) bond motifs is 1. The van der Waals surface area contributed by atoms with Gasteiger partial charge in [0.1, 0.15) is 18.4 Å². The Hall–Kier alpha value is -2.44. The maximum atomic E-state index is 11.1. The zero-order valence-electron chi connectivity index (χ0n) is 10.2. The van der Waals surface area contributed by atoms with Crippen molar-refractivity contribution < 1.29 is 14.6 Å². The highest BCUT2D eigenvalue weighted by Crippen LogP contribution is 2.37. The van der Waals surface area contributed by atoms with Crippen molar-refractivity contribution in [2.75, 3.05) is 6.61 Å². The Bertz CT molecular complexity index is 625. The molecule has 0 bridgehead atoms. The molecule has 0 radical (unpaired) electrons. The summed E-state index contributed by atoms with van der Waals surface area (Å²) in [6, 6.07) is 6.82. The first kappa shape index (κ1) is 11.6. The monoisotopic (exact) mass is 260 g/mol. The molecule has 1 aromatic carbocycles. The maximum Gasteiger partial charge on any atom is 0.328 e. The zero-order chi connectivity index (χ0) is 13.4. The van der Waals surface area contributed by atoms with Gasteiger partial charge >= 0.3 is 5.97 Å². The van der Waals surface area contributed by atoms with E-state index in [0.29, 0.717) is 12.4 Å². The molecule has 0 spiro atoms. The van der Waals surface area contributed by atoms with Gasteiger partial charge in [-0.3, -0.25) is 0 Å². The van der Waals surface area contributed by atoms with Crippen LogP contribution in [-0.4, -0.2) is 37.9 Å². The van der Waals surface area contributed by atoms with E-state index < -0.39 is 12.0 Å². The Morgan fingerprint density at radius 3 is 3.11 bits per heavy atom. The van der Waals surface area contributed by atoms with Crippen molar-refractivity contribution in [1.82, 2.24) is 20.2 Å². The summed E-state index contributed by atoms with van der Waals surface area (Å²) in [6.45, 7) is 1.97. The van der Waals surface area contributed by atoms with Crippen LogP contribution in [0.1, 0.15) is 30.3 Å². The number of aromatic nitrogens is 4. The molecule has 0 amide bonds. The smallest absolute Gasteiger partial charge is 0.328 e. The average molecular weight is 260 g/mol. The molecule has 1 aliphatic heterocycles. The van der Waals surface area contributed by atoms with Gasteiger partial charge in [0.15, 0.2) is 5.82 Å². The van der Waals surface area contributed by atoms with Crippen molar-refractivity contribution in [3.8, 4) is 5.75 Å². The number of benzene rings is 1. The van der Waals surface area contributed by atoms with E-state index in [1.165, 1.54) is 4.68 Å². The number of aliphatic carboxylic acids is 1. The zero-order valence-corrected chi connectivity index (χ0v) is 10.2. The van der Waals surface area contributed by atoms with Crippen LogP contribution in [0.3, 0.4) is 0 Å². The highest BCUT2D eigenvalue weighted by Gasteiger charge is 2.32. The molecule has 2 heterocycles. The van der Waals surface area contributed by atoms with Crippen LogP contribution >= 0.6 is 0 Å². The van der Waals surface area contributed by atoms with Crippen LogP contribution < -0.4 is 4.74 Å². The second-order valence-corrected chi connectivity index (χ2v) is 4.40. The van der Waals surface area contributed by atoms with Crippen molar-refractivity contribution in [2.45, 2.75) is 18.9 Å². The van der Waals surface area contributed by atoms with E-state index in [9.17, 15) is 4.79 Å². The van der Waals surface area contributed by atoms with Crippen LogP contribution in [0.4, 0.5) is 0 Å². The van der Waals surface area contributed by atoms with Crippen LogP contribution in [0.25, 0.3) is 0 Å². The predicted molar refractivity (Wildman–Crippen MR) is 63.9 cm³/mol. The number of ether oxygens (including phenoxy) is 1. The molecule has 0 aliphatic carbocycles. The molecule has 0 saturated carbocycles. The number of carbonyl (C=O) groups is 1. The fourth-order valence-corrected chi connectivity index (χ4v) is 2.19. The predicted octanol–water partition coefficient (Wildman–Crippen LogP) is 0.843. The molecule has 2 unspecified atom stereocenters. The topological polar surface area (TPSA) is 90.1 Å². The van der Waals surface area contributed by atoms with Crippen LogP contribution in [0.2, 0.25) is 0 Å². The molecular formula is C12H12N4O3. The minimum atomic E-state index is -0.972. The van der Waals surface area contributed by atoms with Gasteiger partial charge in [-0.05, 0) is 23.4 Å². The first-order chi connectivity index (χ1) is 9.18. The number of carboxylic acid groups (broad SMARTS) is 1. The number of rotatable bonds is 3. The van der Waals surface area contributed by atoms with Gasteiger partial charge in [0.2, 0.25) is 0 Å². The van der Waals surface area contributed by atoms with Gasteiger partial charge in [0.05, 0.1) is 5.92 Å². The lowest BCUT2D eigenvalue weighted by Gasteiger charge is -2.12. The molecule has 0 saturated heterocycles. The lowest BCUT2D eigenvalue weighted by Crippen LogP contribution is -2.21. The third kappa shape index (κ3) is 1.83. The summed E-state index contributed by atoms with van der Waals surface area (Å²) < 4.78 is 6.91.